The second kappa shape index (κ2) is 9.24. The van der Waals surface area contributed by atoms with Crippen LogP contribution in [0.25, 0.3) is 0 Å². The lowest BCUT2D eigenvalue weighted by Crippen LogP contribution is -2.54. The lowest BCUT2D eigenvalue weighted by molar-refractivity contribution is -0.141. The van der Waals surface area contributed by atoms with E-state index in [1.807, 2.05) is 47.8 Å². The van der Waals surface area contributed by atoms with E-state index in [1.54, 1.807) is 18.2 Å². The molecule has 2 N–H and O–H groups in total. The summed E-state index contributed by atoms with van der Waals surface area (Å²) in [5, 5.41) is 7.49. The van der Waals surface area contributed by atoms with Gasteiger partial charge in [0.15, 0.2) is 0 Å². The molecule has 0 unspecified atom stereocenters. The highest BCUT2D eigenvalue weighted by molar-refractivity contribution is 7.09. The summed E-state index contributed by atoms with van der Waals surface area (Å²) in [6.45, 7) is 0.518. The third-order valence-electron chi connectivity index (χ3n) is 7.27. The normalized spacial score (nSPS) is 27.4. The molecule has 0 aliphatic carbocycles. The summed E-state index contributed by atoms with van der Waals surface area (Å²) < 4.78 is 20.6. The SMILES string of the molecule is O=C(Nc1ccccc1F)[C@H]1[C@H]2C=C[C@@]3(O2)[C@H](C(=O)NCc2ccccc2)N(Cc2cccs2)C(=O)[C@@H]13. The predicted molar refractivity (Wildman–Crippen MR) is 136 cm³/mol. The molecule has 3 aromatic rings. The van der Waals surface area contributed by atoms with E-state index >= 15 is 0 Å². The van der Waals surface area contributed by atoms with Gasteiger partial charge in [-0.3, -0.25) is 14.4 Å². The number of ether oxygens (including phenoxy) is 1. The van der Waals surface area contributed by atoms with Crippen LogP contribution < -0.4 is 10.6 Å². The first-order valence-electron chi connectivity index (χ1n) is 12.0. The fourth-order valence-corrected chi connectivity index (χ4v) is 6.37. The molecule has 7 nitrogen and oxygen atoms in total. The van der Waals surface area contributed by atoms with Crippen LogP contribution in [0, 0.1) is 17.7 Å². The number of carbonyl (C=O) groups excluding carboxylic acids is 3. The van der Waals surface area contributed by atoms with E-state index in [2.05, 4.69) is 10.6 Å². The zero-order valence-electron chi connectivity index (χ0n) is 19.7. The number of likely N-dealkylation sites (tertiary alicyclic amines) is 1. The van der Waals surface area contributed by atoms with Crippen molar-refractivity contribution in [2.45, 2.75) is 30.8 Å². The van der Waals surface area contributed by atoms with Gasteiger partial charge in [0.05, 0.1) is 30.2 Å². The molecule has 2 aromatic carbocycles. The van der Waals surface area contributed by atoms with Crippen molar-refractivity contribution in [2.24, 2.45) is 11.8 Å². The number of thiophene rings is 1. The van der Waals surface area contributed by atoms with E-state index in [9.17, 15) is 18.8 Å². The number of amides is 3. The van der Waals surface area contributed by atoms with Crippen LogP contribution in [0.2, 0.25) is 0 Å². The van der Waals surface area contributed by atoms with Crippen molar-refractivity contribution in [3.05, 3.63) is 101 Å². The highest BCUT2D eigenvalue weighted by Crippen LogP contribution is 2.55. The van der Waals surface area contributed by atoms with Gasteiger partial charge in [0.2, 0.25) is 17.7 Å². The van der Waals surface area contributed by atoms with Gasteiger partial charge in [-0.2, -0.15) is 0 Å². The molecule has 0 radical (unpaired) electrons. The number of nitrogens with zero attached hydrogens (tertiary/aromatic N) is 1. The first-order valence-corrected chi connectivity index (χ1v) is 12.9. The van der Waals surface area contributed by atoms with Crippen molar-refractivity contribution >= 4 is 34.7 Å². The molecular weight excluding hydrogens is 493 g/mol. The molecule has 9 heteroatoms. The molecule has 3 aliphatic rings. The molecule has 2 saturated heterocycles. The Morgan fingerprint density at radius 3 is 2.57 bits per heavy atom. The Morgan fingerprint density at radius 1 is 1.03 bits per heavy atom. The van der Waals surface area contributed by atoms with Crippen LogP contribution in [0.15, 0.2) is 84.3 Å². The Hall–Kier alpha value is -3.82. The molecule has 2 bridgehead atoms. The maximum absolute atomic E-state index is 14.2. The van der Waals surface area contributed by atoms with E-state index in [-0.39, 0.29) is 24.0 Å². The lowest BCUT2D eigenvalue weighted by atomic mass is 9.74. The van der Waals surface area contributed by atoms with Crippen LogP contribution in [-0.4, -0.2) is 40.4 Å². The van der Waals surface area contributed by atoms with Crippen LogP contribution in [-0.2, 0) is 32.2 Å². The number of benzene rings is 2. The second-order valence-electron chi connectivity index (χ2n) is 9.42. The van der Waals surface area contributed by atoms with Crippen LogP contribution in [0.1, 0.15) is 10.4 Å². The molecule has 3 amide bonds. The summed E-state index contributed by atoms with van der Waals surface area (Å²) in [5.74, 6) is -3.55. The van der Waals surface area contributed by atoms with E-state index in [0.29, 0.717) is 6.54 Å². The van der Waals surface area contributed by atoms with Crippen LogP contribution in [0.3, 0.4) is 0 Å². The number of para-hydroxylation sites is 1. The fraction of sp³-hybridized carbons (Fsp3) is 0.250. The standard InChI is InChI=1S/C28H24FN3O4S/c29-19-10-4-5-11-20(19)31-25(33)22-21-12-13-28(36-21)23(22)27(35)32(16-18-9-6-14-37-18)24(28)26(34)30-15-17-7-2-1-3-8-17/h1-14,21-24H,15-16H2,(H,30,34)(H,31,33)/t21-,22+,23-,24+,28+/m1/s1. The monoisotopic (exact) mass is 517 g/mol. The summed E-state index contributed by atoms with van der Waals surface area (Å²) >= 11 is 1.49. The smallest absolute Gasteiger partial charge is 0.246 e. The molecular formula is C28H24FN3O4S. The molecule has 5 atom stereocenters. The van der Waals surface area contributed by atoms with Crippen molar-refractivity contribution in [1.29, 1.82) is 0 Å². The van der Waals surface area contributed by atoms with E-state index in [1.165, 1.54) is 34.4 Å². The number of halogens is 1. The van der Waals surface area contributed by atoms with Crippen LogP contribution in [0.5, 0.6) is 0 Å². The van der Waals surface area contributed by atoms with Crippen LogP contribution in [0.4, 0.5) is 10.1 Å². The molecule has 0 saturated carbocycles. The molecule has 4 heterocycles. The third-order valence-corrected chi connectivity index (χ3v) is 8.13. The van der Waals surface area contributed by atoms with Gasteiger partial charge in [-0.15, -0.1) is 11.3 Å². The molecule has 2 fully saturated rings. The fourth-order valence-electron chi connectivity index (χ4n) is 5.67. The van der Waals surface area contributed by atoms with Gasteiger partial charge in [0, 0.05) is 11.4 Å². The lowest BCUT2D eigenvalue weighted by Gasteiger charge is -2.32. The molecule has 188 valence electrons. The summed E-state index contributed by atoms with van der Waals surface area (Å²) in [4.78, 5) is 43.4. The van der Waals surface area contributed by atoms with Gasteiger partial charge >= 0.3 is 0 Å². The number of rotatable bonds is 7. The Labute approximate surface area is 216 Å². The molecule has 37 heavy (non-hydrogen) atoms. The second-order valence-corrected chi connectivity index (χ2v) is 10.5. The minimum atomic E-state index is -1.28. The van der Waals surface area contributed by atoms with Gasteiger partial charge in [0.25, 0.3) is 0 Å². The average Bonchev–Trinajstić information content (AvgIpc) is 3.68. The summed E-state index contributed by atoms with van der Waals surface area (Å²) in [6.07, 6.45) is 2.81. The topological polar surface area (TPSA) is 87.7 Å². The van der Waals surface area contributed by atoms with E-state index in [0.717, 1.165) is 10.4 Å². The summed E-state index contributed by atoms with van der Waals surface area (Å²) in [7, 11) is 0. The highest BCUT2D eigenvalue weighted by atomic mass is 32.1. The minimum Gasteiger partial charge on any atom is -0.359 e. The summed E-state index contributed by atoms with van der Waals surface area (Å²) in [6, 6.07) is 18.2. The molecule has 1 aromatic heterocycles. The Bertz CT molecular complexity index is 1380. The molecule has 1 spiro atoms. The molecule has 3 aliphatic heterocycles. The Kier molecular flexibility index (Phi) is 5.89. The van der Waals surface area contributed by atoms with Crippen molar-refractivity contribution in [3.8, 4) is 0 Å². The highest BCUT2D eigenvalue weighted by Gasteiger charge is 2.72. The third kappa shape index (κ3) is 3.95. The first kappa shape index (κ1) is 23.6. The quantitative estimate of drug-likeness (QED) is 0.470. The first-order chi connectivity index (χ1) is 18.0. The van der Waals surface area contributed by atoms with Gasteiger partial charge in [-0.05, 0) is 29.1 Å². The van der Waals surface area contributed by atoms with Gasteiger partial charge in [-0.25, -0.2) is 4.39 Å². The Balaban J connectivity index is 1.32. The minimum absolute atomic E-state index is 0.0337. The number of hydrogen-bond acceptors (Lipinski definition) is 5. The zero-order valence-corrected chi connectivity index (χ0v) is 20.5. The number of carbonyl (C=O) groups is 3. The number of fused-ring (bicyclic) bond motifs is 1. The predicted octanol–water partition coefficient (Wildman–Crippen LogP) is 3.49. The van der Waals surface area contributed by atoms with E-state index in [4.69, 9.17) is 4.74 Å². The zero-order chi connectivity index (χ0) is 25.6. The van der Waals surface area contributed by atoms with Gasteiger partial charge < -0.3 is 20.3 Å². The maximum Gasteiger partial charge on any atom is 0.246 e. The van der Waals surface area contributed by atoms with Crippen molar-refractivity contribution in [1.82, 2.24) is 10.2 Å². The molecule has 6 rings (SSSR count). The largest absolute Gasteiger partial charge is 0.359 e. The number of anilines is 1. The van der Waals surface area contributed by atoms with Crippen molar-refractivity contribution in [3.63, 3.8) is 0 Å². The van der Waals surface area contributed by atoms with E-state index < -0.39 is 41.3 Å². The van der Waals surface area contributed by atoms with Gasteiger partial charge in [0.1, 0.15) is 17.5 Å². The van der Waals surface area contributed by atoms with Gasteiger partial charge in [-0.1, -0.05) is 60.7 Å². The summed E-state index contributed by atoms with van der Waals surface area (Å²) in [5.41, 5.74) is -0.323. The Morgan fingerprint density at radius 2 is 1.81 bits per heavy atom. The van der Waals surface area contributed by atoms with Crippen molar-refractivity contribution < 1.29 is 23.5 Å². The average molecular weight is 518 g/mol. The number of nitrogens with one attached hydrogen (secondary N) is 2. The van der Waals surface area contributed by atoms with Crippen molar-refractivity contribution in [2.75, 3.05) is 5.32 Å². The number of hydrogen-bond donors (Lipinski definition) is 2. The maximum atomic E-state index is 14.2. The van der Waals surface area contributed by atoms with Crippen LogP contribution >= 0.6 is 11.3 Å².